The van der Waals surface area contributed by atoms with Gasteiger partial charge in [-0.05, 0) is 42.0 Å². The number of hydrogen-bond donors (Lipinski definition) is 0. The van der Waals surface area contributed by atoms with E-state index in [-0.39, 0.29) is 22.9 Å². The molecule has 0 N–H and O–H groups in total. The molecule has 1 fully saturated rings. The molecule has 3 atom stereocenters. The summed E-state index contributed by atoms with van der Waals surface area (Å²) < 4.78 is 25.2. The first kappa shape index (κ1) is 25.9. The van der Waals surface area contributed by atoms with Crippen molar-refractivity contribution in [2.45, 2.75) is 18.0 Å². The molecule has 0 saturated carbocycles. The maximum absolute atomic E-state index is 14.7. The number of hydrogen-bond acceptors (Lipinski definition) is 6. The summed E-state index contributed by atoms with van der Waals surface area (Å²) in [5.74, 6) is -1.50. The predicted molar refractivity (Wildman–Crippen MR) is 156 cm³/mol. The number of benzene rings is 4. The number of carbonyl (C=O) groups excluding carboxylic acids is 3. The number of anilines is 1. The van der Waals surface area contributed by atoms with Crippen LogP contribution < -0.4 is 14.4 Å². The summed E-state index contributed by atoms with van der Waals surface area (Å²) in [6.45, 7) is 0. The fraction of sp³-hybridized carbons (Fsp3) is 0.171. The Morgan fingerprint density at radius 3 is 2.17 bits per heavy atom. The van der Waals surface area contributed by atoms with E-state index in [0.29, 0.717) is 28.2 Å². The van der Waals surface area contributed by atoms with Crippen LogP contribution in [0.2, 0.25) is 0 Å². The summed E-state index contributed by atoms with van der Waals surface area (Å²) in [6, 6.07) is 23.2. The van der Waals surface area contributed by atoms with E-state index in [2.05, 4.69) is 0 Å². The third kappa shape index (κ3) is 3.40. The van der Waals surface area contributed by atoms with E-state index < -0.39 is 29.2 Å². The Labute approximate surface area is 242 Å². The topological polar surface area (TPSA) is 72.9 Å². The summed E-state index contributed by atoms with van der Waals surface area (Å²) in [5, 5.41) is 0. The molecule has 3 aliphatic rings. The standard InChI is InChI=1S/C35H26FNO5/c1-41-23-16-17-26(28(19-23)42-2)30-31(32(38)21-11-14-22(36)15-12-21)37-27-10-6-3-7-20(27)13-18-29(37)35(30)33(39)24-8-4-5-9-25(24)34(35)40/h3-19,29-31H,1-2H3/t29-,30-,31-/m1/s1. The van der Waals surface area contributed by atoms with Gasteiger partial charge in [0.25, 0.3) is 0 Å². The summed E-state index contributed by atoms with van der Waals surface area (Å²) in [5.41, 5.74) is 1.40. The molecule has 4 aromatic rings. The van der Waals surface area contributed by atoms with Crippen LogP contribution in [0.25, 0.3) is 6.08 Å². The molecule has 7 heteroatoms. The molecule has 2 heterocycles. The molecule has 0 radical (unpaired) electrons. The van der Waals surface area contributed by atoms with Gasteiger partial charge in [0, 0.05) is 39.9 Å². The van der Waals surface area contributed by atoms with Crippen molar-refractivity contribution < 1.29 is 28.2 Å². The number of fused-ring (bicyclic) bond motifs is 5. The molecule has 1 saturated heterocycles. The molecule has 0 unspecified atom stereocenters. The number of methoxy groups -OCH3 is 2. The van der Waals surface area contributed by atoms with Gasteiger partial charge in [0.05, 0.1) is 20.3 Å². The minimum absolute atomic E-state index is 0.275. The Morgan fingerprint density at radius 1 is 0.833 bits per heavy atom. The lowest BCUT2D eigenvalue weighted by atomic mass is 9.64. The second-order valence-electron chi connectivity index (χ2n) is 10.7. The van der Waals surface area contributed by atoms with Crippen LogP contribution in [0.15, 0.2) is 97.1 Å². The van der Waals surface area contributed by atoms with Crippen molar-refractivity contribution in [1.29, 1.82) is 0 Å². The van der Waals surface area contributed by atoms with Gasteiger partial charge in [-0.2, -0.15) is 0 Å². The molecule has 1 aliphatic carbocycles. The molecule has 0 amide bonds. The quantitative estimate of drug-likeness (QED) is 0.216. The van der Waals surface area contributed by atoms with Crippen molar-refractivity contribution in [2.24, 2.45) is 5.41 Å². The summed E-state index contributed by atoms with van der Waals surface area (Å²) >= 11 is 0. The van der Waals surface area contributed by atoms with Crippen molar-refractivity contribution >= 4 is 29.1 Å². The monoisotopic (exact) mass is 559 g/mol. The number of ether oxygens (including phenoxy) is 2. The van der Waals surface area contributed by atoms with E-state index in [4.69, 9.17) is 9.47 Å². The molecule has 6 nitrogen and oxygen atoms in total. The van der Waals surface area contributed by atoms with Crippen LogP contribution in [0.4, 0.5) is 10.1 Å². The highest BCUT2D eigenvalue weighted by atomic mass is 19.1. The summed E-state index contributed by atoms with van der Waals surface area (Å²) in [4.78, 5) is 46.1. The molecule has 4 aromatic carbocycles. The van der Waals surface area contributed by atoms with Crippen molar-refractivity contribution in [3.8, 4) is 11.5 Å². The number of nitrogens with zero attached hydrogens (tertiary/aromatic N) is 1. The molecule has 2 aliphatic heterocycles. The fourth-order valence-electron chi connectivity index (χ4n) is 7.12. The smallest absolute Gasteiger partial charge is 0.185 e. The number of halogens is 1. The first-order valence-corrected chi connectivity index (χ1v) is 13.7. The first-order valence-electron chi connectivity index (χ1n) is 13.7. The zero-order valence-corrected chi connectivity index (χ0v) is 22.9. The van der Waals surface area contributed by atoms with Gasteiger partial charge in [0.15, 0.2) is 17.3 Å². The molecule has 208 valence electrons. The second kappa shape index (κ2) is 9.52. The van der Waals surface area contributed by atoms with Crippen molar-refractivity contribution in [2.75, 3.05) is 19.1 Å². The summed E-state index contributed by atoms with van der Waals surface area (Å²) in [6.07, 6.45) is 3.78. The number of para-hydroxylation sites is 1. The average Bonchev–Trinajstić information content (AvgIpc) is 3.46. The Kier molecular flexibility index (Phi) is 5.87. The third-order valence-electron chi connectivity index (χ3n) is 8.89. The molecule has 1 spiro atoms. The van der Waals surface area contributed by atoms with Crippen LogP contribution in [0.3, 0.4) is 0 Å². The van der Waals surface area contributed by atoms with Gasteiger partial charge in [-0.25, -0.2) is 4.39 Å². The zero-order chi connectivity index (χ0) is 29.2. The Hall–Kier alpha value is -5.04. The van der Waals surface area contributed by atoms with E-state index in [1.165, 1.54) is 38.5 Å². The van der Waals surface area contributed by atoms with Gasteiger partial charge in [0.2, 0.25) is 0 Å². The van der Waals surface area contributed by atoms with Gasteiger partial charge >= 0.3 is 0 Å². The van der Waals surface area contributed by atoms with Crippen molar-refractivity contribution in [1.82, 2.24) is 0 Å². The number of Topliss-reactive ketones (excluding diaryl/α,β-unsaturated/α-hetero) is 3. The highest BCUT2D eigenvalue weighted by Gasteiger charge is 2.72. The van der Waals surface area contributed by atoms with E-state index in [0.717, 1.165) is 11.3 Å². The highest BCUT2D eigenvalue weighted by molar-refractivity contribution is 6.32. The molecule has 42 heavy (non-hydrogen) atoms. The molecule has 7 rings (SSSR count). The van der Waals surface area contributed by atoms with Gasteiger partial charge in [0.1, 0.15) is 28.8 Å². The minimum atomic E-state index is -1.67. The lowest BCUT2D eigenvalue weighted by molar-refractivity contribution is 0.0665. The number of carbonyl (C=O) groups is 3. The van der Waals surface area contributed by atoms with Crippen LogP contribution in [0, 0.1) is 11.2 Å². The lowest BCUT2D eigenvalue weighted by Crippen LogP contribution is -2.48. The van der Waals surface area contributed by atoms with Crippen molar-refractivity contribution in [3.63, 3.8) is 0 Å². The van der Waals surface area contributed by atoms with Crippen molar-refractivity contribution in [3.05, 3.63) is 131 Å². The lowest BCUT2D eigenvalue weighted by Gasteiger charge is -2.37. The van der Waals surface area contributed by atoms with E-state index in [1.54, 1.807) is 42.5 Å². The number of rotatable bonds is 5. The van der Waals surface area contributed by atoms with Crippen LogP contribution in [-0.4, -0.2) is 43.7 Å². The maximum atomic E-state index is 14.7. The third-order valence-corrected chi connectivity index (χ3v) is 8.89. The van der Waals surface area contributed by atoms with Gasteiger partial charge in [-0.3, -0.25) is 14.4 Å². The molecule has 0 bridgehead atoms. The van der Waals surface area contributed by atoms with Crippen LogP contribution in [0.5, 0.6) is 11.5 Å². The van der Waals surface area contributed by atoms with Gasteiger partial charge < -0.3 is 14.4 Å². The average molecular weight is 560 g/mol. The second-order valence-corrected chi connectivity index (χ2v) is 10.7. The van der Waals surface area contributed by atoms with Crippen LogP contribution in [0.1, 0.15) is 48.1 Å². The largest absolute Gasteiger partial charge is 0.497 e. The Bertz CT molecular complexity index is 1780. The molecular weight excluding hydrogens is 533 g/mol. The van der Waals surface area contributed by atoms with E-state index in [9.17, 15) is 18.8 Å². The summed E-state index contributed by atoms with van der Waals surface area (Å²) in [7, 11) is 3.04. The molecular formula is C35H26FNO5. The number of ketones is 3. The maximum Gasteiger partial charge on any atom is 0.185 e. The molecule has 0 aromatic heterocycles. The SMILES string of the molecule is COc1ccc([C@@H]2[C@H](C(=O)c3ccc(F)cc3)N3c4ccccc4C=C[C@@H]3C23C(=O)c2ccccc2C3=O)c(OC)c1. The highest BCUT2D eigenvalue weighted by Crippen LogP contribution is 2.62. The fourth-order valence-corrected chi connectivity index (χ4v) is 7.12. The predicted octanol–water partition coefficient (Wildman–Crippen LogP) is 6.16. The van der Waals surface area contributed by atoms with E-state index in [1.807, 2.05) is 41.3 Å². The van der Waals surface area contributed by atoms with Gasteiger partial charge in [-0.15, -0.1) is 0 Å². The van der Waals surface area contributed by atoms with Crippen LogP contribution >= 0.6 is 0 Å². The van der Waals surface area contributed by atoms with E-state index >= 15 is 0 Å². The first-order chi connectivity index (χ1) is 20.4. The van der Waals surface area contributed by atoms with Gasteiger partial charge in [-0.1, -0.05) is 60.7 Å². The minimum Gasteiger partial charge on any atom is -0.497 e. The zero-order valence-electron chi connectivity index (χ0n) is 22.9. The Balaban J connectivity index is 1.57. The Morgan fingerprint density at radius 2 is 1.50 bits per heavy atom. The normalized spacial score (nSPS) is 21.2. The van der Waals surface area contributed by atoms with Crippen LogP contribution in [-0.2, 0) is 0 Å².